The van der Waals surface area contributed by atoms with Gasteiger partial charge in [0.2, 0.25) is 0 Å². The number of hydrogen-bond acceptors (Lipinski definition) is 9. The van der Waals surface area contributed by atoms with Gasteiger partial charge in [-0.3, -0.25) is 9.59 Å². The Kier molecular flexibility index (Phi) is 6.38. The lowest BCUT2D eigenvalue weighted by Crippen LogP contribution is -2.81. The predicted molar refractivity (Wildman–Crippen MR) is 134 cm³/mol. The molecule has 3 unspecified atom stereocenters. The number of hydrogen-bond donors (Lipinski definition) is 3. The Hall–Kier alpha value is -2.66. The lowest BCUT2D eigenvalue weighted by molar-refractivity contribution is -0.341. The number of ketones is 1. The minimum Gasteiger partial charge on any atom is -0.455 e. The van der Waals surface area contributed by atoms with Gasteiger partial charge in [0.05, 0.1) is 29.6 Å². The van der Waals surface area contributed by atoms with Crippen LogP contribution in [0.2, 0.25) is 0 Å². The summed E-state index contributed by atoms with van der Waals surface area (Å²) in [6.07, 6.45) is -8.34. The predicted octanol–water partition coefficient (Wildman–Crippen LogP) is 2.06. The molecule has 0 spiro atoms. The van der Waals surface area contributed by atoms with Crippen LogP contribution in [0.4, 0.5) is 4.39 Å². The van der Waals surface area contributed by atoms with Crippen molar-refractivity contribution in [2.24, 2.45) is 16.7 Å². The van der Waals surface area contributed by atoms with Gasteiger partial charge in [-0.2, -0.15) is 0 Å². The van der Waals surface area contributed by atoms with Gasteiger partial charge < -0.3 is 29.5 Å². The van der Waals surface area contributed by atoms with Gasteiger partial charge >= 0.3 is 11.9 Å². The number of ether oxygens (including phenoxy) is 3. The number of aliphatic hydroxyl groups excluding tert-OH is 2. The molecule has 2 saturated carbocycles. The van der Waals surface area contributed by atoms with Crippen molar-refractivity contribution < 1.29 is 48.3 Å². The van der Waals surface area contributed by atoms with Crippen molar-refractivity contribution in [1.29, 1.82) is 0 Å². The van der Waals surface area contributed by atoms with Gasteiger partial charge in [0.1, 0.15) is 30.1 Å². The quantitative estimate of drug-likeness (QED) is 0.384. The molecule has 3 N–H and O–H groups in total. The molecule has 3 fully saturated rings. The van der Waals surface area contributed by atoms with Crippen molar-refractivity contribution in [3.8, 4) is 0 Å². The third kappa shape index (κ3) is 3.61. The molecule has 2 bridgehead atoms. The number of carbonyl (C=O) groups excluding carboxylic acids is 3. The van der Waals surface area contributed by atoms with Gasteiger partial charge in [-0.25, -0.2) is 9.18 Å². The highest BCUT2D eigenvalue weighted by atomic mass is 19.1. The van der Waals surface area contributed by atoms with E-state index in [1.54, 1.807) is 39.0 Å². The summed E-state index contributed by atoms with van der Waals surface area (Å²) in [6.45, 7) is 6.98. The molecule has 0 radical (unpaired) electrons. The molecular weight excluding hydrogens is 511 g/mol. The molecule has 39 heavy (non-hydrogen) atoms. The van der Waals surface area contributed by atoms with Crippen molar-refractivity contribution in [2.45, 2.75) is 89.2 Å². The van der Waals surface area contributed by atoms with Gasteiger partial charge in [0.15, 0.2) is 11.4 Å². The number of aliphatic hydroxyl groups is 3. The number of rotatable bonds is 3. The fraction of sp³-hybridized carbons (Fsp3) is 0.621. The van der Waals surface area contributed by atoms with Crippen LogP contribution in [0.3, 0.4) is 0 Å². The normalized spacial score (nSPS) is 42.7. The zero-order valence-electron chi connectivity index (χ0n) is 22.6. The number of halogens is 1. The number of carbonyl (C=O) groups is 3. The first-order valence-corrected chi connectivity index (χ1v) is 13.2. The summed E-state index contributed by atoms with van der Waals surface area (Å²) < 4.78 is 33.8. The van der Waals surface area contributed by atoms with Gasteiger partial charge in [-0.1, -0.05) is 32.0 Å². The van der Waals surface area contributed by atoms with E-state index in [4.69, 9.17) is 14.2 Å². The third-order valence-electron chi connectivity index (χ3n) is 9.89. The Balaban J connectivity index is 1.81. The van der Waals surface area contributed by atoms with Gasteiger partial charge in [-0.05, 0) is 37.1 Å². The van der Waals surface area contributed by atoms with Crippen LogP contribution >= 0.6 is 0 Å². The largest absolute Gasteiger partial charge is 0.455 e. The first-order chi connectivity index (χ1) is 18.1. The van der Waals surface area contributed by atoms with Gasteiger partial charge in [0.25, 0.3) is 0 Å². The van der Waals surface area contributed by atoms with Crippen molar-refractivity contribution in [1.82, 2.24) is 0 Å². The maximum absolute atomic E-state index is 16.3. The van der Waals surface area contributed by atoms with Crippen LogP contribution in [-0.2, 0) is 23.8 Å². The van der Waals surface area contributed by atoms with Crippen LogP contribution in [0.25, 0.3) is 0 Å². The molecule has 0 aromatic heterocycles. The number of alkyl halides is 1. The first kappa shape index (κ1) is 27.9. The molecule has 1 heterocycles. The fourth-order valence-electron chi connectivity index (χ4n) is 7.63. The molecule has 1 saturated heterocycles. The summed E-state index contributed by atoms with van der Waals surface area (Å²) in [5, 5.41) is 35.2. The molecule has 1 aromatic rings. The van der Waals surface area contributed by atoms with E-state index in [-0.39, 0.29) is 36.2 Å². The average molecular weight is 547 g/mol. The van der Waals surface area contributed by atoms with Crippen LogP contribution < -0.4 is 0 Å². The minimum atomic E-state index is -2.12. The molecule has 3 aliphatic carbocycles. The van der Waals surface area contributed by atoms with E-state index in [1.807, 2.05) is 0 Å². The second kappa shape index (κ2) is 8.92. The SMILES string of the molecule is CC(=O)O[C@@]12CO[C@@H]1CC(F)[C@@]1(C)C(=O)[C@H](O)C3=C(C)[C@@H](O)C[C@@](O)(C(OC(=O)c4ccccc4)C12)C3(C)C. The van der Waals surface area contributed by atoms with Gasteiger partial charge in [-0.15, -0.1) is 0 Å². The monoisotopic (exact) mass is 546 g/mol. The molecule has 1 aliphatic heterocycles. The molecule has 9 nitrogen and oxygen atoms in total. The third-order valence-corrected chi connectivity index (χ3v) is 9.89. The Labute approximate surface area is 225 Å². The highest BCUT2D eigenvalue weighted by Gasteiger charge is 2.78. The Morgan fingerprint density at radius 2 is 1.77 bits per heavy atom. The second-order valence-corrected chi connectivity index (χ2v) is 12.1. The van der Waals surface area contributed by atoms with E-state index < -0.39 is 76.3 Å². The van der Waals surface area contributed by atoms with E-state index in [0.717, 1.165) is 0 Å². The van der Waals surface area contributed by atoms with Crippen molar-refractivity contribution in [3.05, 3.63) is 47.0 Å². The number of Topliss-reactive ketones (excluding diaryl/α,β-unsaturated/α-hetero) is 1. The van der Waals surface area contributed by atoms with Crippen molar-refractivity contribution in [3.63, 3.8) is 0 Å². The molecule has 212 valence electrons. The van der Waals surface area contributed by atoms with Crippen molar-refractivity contribution >= 4 is 17.7 Å². The number of esters is 2. The molecule has 1 aromatic carbocycles. The second-order valence-electron chi connectivity index (χ2n) is 12.1. The standard InChI is InChI=1S/C29H35FO9/c1-14-17(32)12-29(36)24(38-25(35)16-9-7-6-8-10-16)22-27(5,23(34)21(33)20(14)26(29,3)4)18(30)11-19-28(22,13-37-19)39-15(2)31/h6-10,17-19,21-22,24,32-33,36H,11-13H2,1-5H3/t17-,18?,19+,21+,22?,24?,27+,28-,29+/m0/s1. The summed E-state index contributed by atoms with van der Waals surface area (Å²) in [7, 11) is 0. The van der Waals surface area contributed by atoms with Crippen LogP contribution in [0.1, 0.15) is 57.8 Å². The average Bonchev–Trinajstić information content (AvgIpc) is 2.87. The molecule has 9 atom stereocenters. The highest BCUT2D eigenvalue weighted by Crippen LogP contribution is 2.64. The van der Waals surface area contributed by atoms with E-state index in [2.05, 4.69) is 0 Å². The molecule has 4 aliphatic rings. The van der Waals surface area contributed by atoms with Crippen molar-refractivity contribution in [2.75, 3.05) is 6.61 Å². The summed E-state index contributed by atoms with van der Waals surface area (Å²) in [5.41, 5.74) is -6.77. The van der Waals surface area contributed by atoms with Crippen LogP contribution in [0, 0.1) is 16.7 Å². The zero-order chi connectivity index (χ0) is 28.7. The highest BCUT2D eigenvalue weighted by molar-refractivity contribution is 5.94. The summed E-state index contributed by atoms with van der Waals surface area (Å²) in [5.74, 6) is -3.94. The fourth-order valence-corrected chi connectivity index (χ4v) is 7.63. The van der Waals surface area contributed by atoms with Crippen LogP contribution in [0.5, 0.6) is 0 Å². The first-order valence-electron chi connectivity index (χ1n) is 13.2. The molecular formula is C29H35FO9. The number of fused-ring (bicyclic) bond motifs is 5. The van der Waals surface area contributed by atoms with Gasteiger partial charge in [0, 0.05) is 25.2 Å². The van der Waals surface area contributed by atoms with E-state index in [1.165, 1.54) is 26.0 Å². The molecule has 5 rings (SSSR count). The lowest BCUT2D eigenvalue weighted by atomic mass is 9.45. The lowest BCUT2D eigenvalue weighted by Gasteiger charge is -2.67. The minimum absolute atomic E-state index is 0.0508. The molecule has 10 heteroatoms. The Morgan fingerprint density at radius 1 is 1.13 bits per heavy atom. The topological polar surface area (TPSA) is 140 Å². The van der Waals surface area contributed by atoms with E-state index in [0.29, 0.717) is 0 Å². The van der Waals surface area contributed by atoms with Crippen LogP contribution in [0.15, 0.2) is 41.5 Å². The zero-order valence-corrected chi connectivity index (χ0v) is 22.6. The summed E-state index contributed by atoms with van der Waals surface area (Å²) in [6, 6.07) is 7.98. The number of benzene rings is 1. The summed E-state index contributed by atoms with van der Waals surface area (Å²) >= 11 is 0. The Morgan fingerprint density at radius 3 is 2.33 bits per heavy atom. The van der Waals surface area contributed by atoms with E-state index >= 15 is 4.39 Å². The van der Waals surface area contributed by atoms with Crippen LogP contribution in [-0.4, -0.2) is 81.4 Å². The maximum Gasteiger partial charge on any atom is 0.338 e. The smallest absolute Gasteiger partial charge is 0.338 e. The molecule has 0 amide bonds. The Bertz CT molecular complexity index is 1240. The maximum atomic E-state index is 16.3. The van der Waals surface area contributed by atoms with E-state index in [9.17, 15) is 29.7 Å². The summed E-state index contributed by atoms with van der Waals surface area (Å²) in [4.78, 5) is 40.1.